The van der Waals surface area contributed by atoms with Gasteiger partial charge >= 0.3 is 0 Å². The van der Waals surface area contributed by atoms with Gasteiger partial charge in [-0.15, -0.1) is 0 Å². The van der Waals surface area contributed by atoms with Crippen LogP contribution in [0.3, 0.4) is 0 Å². The van der Waals surface area contributed by atoms with E-state index in [1.54, 1.807) is 0 Å². The molecule has 0 saturated carbocycles. The molecule has 3 nitrogen and oxygen atoms in total. The standard InChI is InChI=1S/C6H7N2O/c1-4-9-5-8-3-2-7-6(1)8/h3H,1,4-5H2/q+1. The van der Waals surface area contributed by atoms with Gasteiger partial charge in [0.1, 0.15) is 0 Å². The molecule has 0 aromatic carbocycles. The Labute approximate surface area is 53.6 Å². The second-order valence-electron chi connectivity index (χ2n) is 2.04. The summed E-state index contributed by atoms with van der Waals surface area (Å²) < 4.78 is 5.16. The molecular weight excluding hydrogens is 116 g/mol. The van der Waals surface area contributed by atoms with Crippen LogP contribution in [0.4, 0.5) is 0 Å². The first-order chi connectivity index (χ1) is 4.47. The van der Waals surface area contributed by atoms with Crippen molar-refractivity contribution in [2.75, 3.05) is 13.3 Å². The Bertz CT molecular complexity index is 174. The predicted octanol–water partition coefficient (Wildman–Crippen LogP) is 0.191. The van der Waals surface area contributed by atoms with E-state index in [9.17, 15) is 0 Å². The number of nitrogens with zero attached hydrogens (tertiary/aromatic N) is 2. The van der Waals surface area contributed by atoms with Crippen LogP contribution in [-0.2, 0) is 4.74 Å². The van der Waals surface area contributed by atoms with Crippen LogP contribution < -0.4 is 4.90 Å². The lowest BCUT2D eigenvalue weighted by molar-refractivity contribution is 0.0977. The Hall–Kier alpha value is -0.670. The number of ether oxygens (including phenoxy) is 1. The maximum atomic E-state index is 5.16. The molecule has 0 spiro atoms. The molecule has 2 heterocycles. The largest absolute Gasteiger partial charge is 0.326 e. The smallest absolute Gasteiger partial charge is 0.262 e. The fourth-order valence-corrected chi connectivity index (χ4v) is 0.949. The molecule has 9 heavy (non-hydrogen) atoms. The lowest BCUT2D eigenvalue weighted by Gasteiger charge is -2.10. The molecule has 0 atom stereocenters. The van der Waals surface area contributed by atoms with Crippen molar-refractivity contribution in [1.82, 2.24) is 4.90 Å². The van der Waals surface area contributed by atoms with Gasteiger partial charge in [-0.05, 0) is 0 Å². The highest BCUT2D eigenvalue weighted by Gasteiger charge is 2.28. The highest BCUT2D eigenvalue weighted by Crippen LogP contribution is 2.07. The number of hydrogen-bond acceptors (Lipinski definition) is 3. The van der Waals surface area contributed by atoms with E-state index in [1.165, 1.54) is 0 Å². The number of fused-ring (bicyclic) bond motifs is 1. The molecule has 46 valence electrons. The molecule has 0 amide bonds. The number of rotatable bonds is 0. The quantitative estimate of drug-likeness (QED) is 0.422. The van der Waals surface area contributed by atoms with Crippen molar-refractivity contribution in [2.45, 2.75) is 6.42 Å². The molecule has 2 aliphatic rings. The SMILES string of the molecule is [C]1=C[N+]2COCCC2=N1. The zero-order chi connectivity index (χ0) is 6.10. The molecule has 0 aromatic rings. The van der Waals surface area contributed by atoms with Crippen molar-refractivity contribution in [2.24, 2.45) is 4.99 Å². The summed E-state index contributed by atoms with van der Waals surface area (Å²) in [5.41, 5.74) is 0. The predicted molar refractivity (Wildman–Crippen MR) is 32.8 cm³/mol. The van der Waals surface area contributed by atoms with E-state index in [2.05, 4.69) is 11.2 Å². The summed E-state index contributed by atoms with van der Waals surface area (Å²) in [7, 11) is 0. The summed E-state index contributed by atoms with van der Waals surface area (Å²) in [4.78, 5) is 5.98. The van der Waals surface area contributed by atoms with Gasteiger partial charge in [-0.25, -0.2) is 0 Å². The third kappa shape index (κ3) is 0.781. The minimum atomic E-state index is 0.645. The monoisotopic (exact) mass is 123 g/mol. The topological polar surface area (TPSA) is 27.5 Å². The molecule has 2 rings (SSSR count). The van der Waals surface area contributed by atoms with Crippen LogP contribution in [0.5, 0.6) is 0 Å². The molecule has 1 saturated heterocycles. The Morgan fingerprint density at radius 2 is 2.78 bits per heavy atom. The molecule has 0 aromatic heterocycles. The first-order valence-electron chi connectivity index (χ1n) is 2.96. The Kier molecular flexibility index (Phi) is 1.10. The highest BCUT2D eigenvalue weighted by molar-refractivity contribution is 5.87. The van der Waals surface area contributed by atoms with E-state index in [0.717, 1.165) is 18.9 Å². The summed E-state index contributed by atoms with van der Waals surface area (Å²) in [5, 5.41) is 0. The summed E-state index contributed by atoms with van der Waals surface area (Å²) in [6.45, 7) is 1.44. The second kappa shape index (κ2) is 1.93. The molecule has 2 aliphatic heterocycles. The maximum absolute atomic E-state index is 5.16. The highest BCUT2D eigenvalue weighted by atomic mass is 16.5. The van der Waals surface area contributed by atoms with Gasteiger partial charge < -0.3 is 4.74 Å². The van der Waals surface area contributed by atoms with E-state index in [0.29, 0.717) is 6.73 Å². The number of hydrogen-bond donors (Lipinski definition) is 0. The van der Waals surface area contributed by atoms with Crippen LogP contribution in [-0.4, -0.2) is 19.2 Å². The Morgan fingerprint density at radius 1 is 1.78 bits per heavy atom. The van der Waals surface area contributed by atoms with Gasteiger partial charge in [0.05, 0.1) is 13.0 Å². The fourth-order valence-electron chi connectivity index (χ4n) is 0.949. The first-order valence-corrected chi connectivity index (χ1v) is 2.96. The van der Waals surface area contributed by atoms with Gasteiger partial charge in [0.2, 0.25) is 6.73 Å². The van der Waals surface area contributed by atoms with Gasteiger partial charge in [-0.1, -0.05) is 4.90 Å². The normalized spacial score (nSPS) is 26.0. The average molecular weight is 123 g/mol. The molecule has 0 aliphatic carbocycles. The molecule has 2 radical (unpaired) electrons. The number of amidine groups is 1. The van der Waals surface area contributed by atoms with Crippen LogP contribution in [0.2, 0.25) is 0 Å². The Morgan fingerprint density at radius 3 is 3.67 bits per heavy atom. The summed E-state index contributed by atoms with van der Waals surface area (Å²) in [6, 6.07) is 0. The first kappa shape index (κ1) is 5.14. The molecule has 0 bridgehead atoms. The third-order valence-electron chi connectivity index (χ3n) is 1.44. The van der Waals surface area contributed by atoms with Gasteiger partial charge in [0.25, 0.3) is 5.84 Å². The minimum absolute atomic E-state index is 0.645. The van der Waals surface area contributed by atoms with Crippen LogP contribution in [0.15, 0.2) is 11.2 Å². The van der Waals surface area contributed by atoms with E-state index in [4.69, 9.17) is 4.74 Å². The van der Waals surface area contributed by atoms with Crippen LogP contribution in [0, 0.1) is 6.20 Å². The van der Waals surface area contributed by atoms with Crippen LogP contribution in [0.1, 0.15) is 6.42 Å². The zero-order valence-electron chi connectivity index (χ0n) is 5.00. The minimum Gasteiger partial charge on any atom is -0.326 e. The molecular formula is C6H7N2O+. The van der Waals surface area contributed by atoms with Crippen molar-refractivity contribution in [1.29, 1.82) is 0 Å². The van der Waals surface area contributed by atoms with Crippen molar-refractivity contribution < 1.29 is 4.74 Å². The van der Waals surface area contributed by atoms with Crippen molar-refractivity contribution in [3.05, 3.63) is 12.4 Å². The second-order valence-corrected chi connectivity index (χ2v) is 2.04. The third-order valence-corrected chi connectivity index (χ3v) is 1.44. The Balaban J connectivity index is 2.16. The fraction of sp³-hybridized carbons (Fsp3) is 0.500. The van der Waals surface area contributed by atoms with Gasteiger partial charge in [-0.2, -0.15) is 4.99 Å². The average Bonchev–Trinajstić information content (AvgIpc) is 2.33. The van der Waals surface area contributed by atoms with Gasteiger partial charge in [0, 0.05) is 0 Å². The van der Waals surface area contributed by atoms with Crippen LogP contribution >= 0.6 is 0 Å². The molecule has 3 heteroatoms. The maximum Gasteiger partial charge on any atom is 0.262 e. The zero-order valence-corrected chi connectivity index (χ0v) is 5.00. The number of aliphatic imine (C=N–C) groups is 1. The van der Waals surface area contributed by atoms with Crippen LogP contribution in [0.25, 0.3) is 0 Å². The molecule has 0 unspecified atom stereocenters. The van der Waals surface area contributed by atoms with Crippen molar-refractivity contribution in [3.63, 3.8) is 0 Å². The summed E-state index contributed by atoms with van der Waals surface area (Å²) in [6.07, 6.45) is 5.51. The summed E-state index contributed by atoms with van der Waals surface area (Å²) in [5.74, 6) is 1.08. The van der Waals surface area contributed by atoms with E-state index in [-0.39, 0.29) is 0 Å². The molecule has 0 N–H and O–H groups in total. The lowest BCUT2D eigenvalue weighted by atomic mass is 10.4. The van der Waals surface area contributed by atoms with E-state index in [1.807, 2.05) is 11.1 Å². The van der Waals surface area contributed by atoms with Crippen molar-refractivity contribution >= 4 is 5.84 Å². The molecule has 1 fully saturated rings. The van der Waals surface area contributed by atoms with E-state index < -0.39 is 0 Å². The summed E-state index contributed by atoms with van der Waals surface area (Å²) >= 11 is 0. The van der Waals surface area contributed by atoms with Crippen molar-refractivity contribution in [3.8, 4) is 0 Å². The van der Waals surface area contributed by atoms with E-state index >= 15 is 0 Å². The van der Waals surface area contributed by atoms with Gasteiger partial charge in [0.15, 0.2) is 12.4 Å². The van der Waals surface area contributed by atoms with Gasteiger partial charge in [-0.3, -0.25) is 0 Å². The lowest BCUT2D eigenvalue weighted by Crippen LogP contribution is -2.37.